The molecule has 3 nitrogen and oxygen atoms in total. The maximum Gasteiger partial charge on any atom is 0.315 e. The molecule has 0 aromatic heterocycles. The van der Waals surface area contributed by atoms with Gasteiger partial charge in [-0.2, -0.15) is 0 Å². The Labute approximate surface area is 128 Å². The van der Waals surface area contributed by atoms with Crippen molar-refractivity contribution in [3.63, 3.8) is 0 Å². The maximum atomic E-state index is 11.7. The number of hydrogen-bond acceptors (Lipinski definition) is 2. The molecule has 1 aliphatic rings. The quantitative estimate of drug-likeness (QED) is 0.862. The number of hydrogen-bond donors (Lipinski definition) is 1. The fourth-order valence-corrected chi connectivity index (χ4v) is 2.83. The Kier molecular flexibility index (Phi) is 3.84. The van der Waals surface area contributed by atoms with Gasteiger partial charge in [0.25, 0.3) is 0 Å². The molecule has 0 saturated heterocycles. The Morgan fingerprint density at radius 3 is 2.67 bits per heavy atom. The molecule has 2 aromatic rings. The molecular formula is C17H15ClO3. The van der Waals surface area contributed by atoms with Gasteiger partial charge in [-0.3, -0.25) is 4.79 Å². The smallest absolute Gasteiger partial charge is 0.315 e. The number of halogens is 1. The molecule has 21 heavy (non-hydrogen) atoms. The molecule has 3 rings (SSSR count). The molecule has 0 spiro atoms. The number of ether oxygens (including phenoxy) is 1. The summed E-state index contributed by atoms with van der Waals surface area (Å²) in [5.74, 6) is 0.325. The van der Waals surface area contributed by atoms with Crippen LogP contribution in [0.5, 0.6) is 11.5 Å². The predicted octanol–water partition coefficient (Wildman–Crippen LogP) is 4.18. The van der Waals surface area contributed by atoms with Gasteiger partial charge >= 0.3 is 5.97 Å². The van der Waals surface area contributed by atoms with E-state index < -0.39 is 11.9 Å². The first kappa shape index (κ1) is 14.0. The monoisotopic (exact) mass is 302 g/mol. The van der Waals surface area contributed by atoms with Crippen molar-refractivity contribution in [2.24, 2.45) is 0 Å². The summed E-state index contributed by atoms with van der Waals surface area (Å²) in [6.07, 6.45) is 1.75. The molecule has 4 heteroatoms. The summed E-state index contributed by atoms with van der Waals surface area (Å²) in [6.45, 7) is 0. The van der Waals surface area contributed by atoms with Crippen LogP contribution in [0.1, 0.15) is 29.0 Å². The third-order valence-electron chi connectivity index (χ3n) is 3.68. The van der Waals surface area contributed by atoms with Gasteiger partial charge in [-0.05, 0) is 30.5 Å². The van der Waals surface area contributed by atoms with Crippen molar-refractivity contribution in [3.05, 3.63) is 59.2 Å². The molecule has 0 fully saturated rings. The van der Waals surface area contributed by atoms with Crippen molar-refractivity contribution in [1.82, 2.24) is 0 Å². The van der Waals surface area contributed by atoms with E-state index in [2.05, 4.69) is 0 Å². The van der Waals surface area contributed by atoms with Gasteiger partial charge in [-0.25, -0.2) is 0 Å². The molecule has 0 saturated carbocycles. The van der Waals surface area contributed by atoms with E-state index in [0.29, 0.717) is 28.5 Å². The van der Waals surface area contributed by atoms with Gasteiger partial charge < -0.3 is 9.84 Å². The van der Waals surface area contributed by atoms with Crippen LogP contribution in [0.25, 0.3) is 0 Å². The number of aliphatic carboxylic acids is 1. The van der Waals surface area contributed by atoms with Crippen LogP contribution in [0.2, 0.25) is 0 Å². The topological polar surface area (TPSA) is 46.5 Å². The summed E-state index contributed by atoms with van der Waals surface area (Å²) in [6, 6.07) is 13.0. The van der Waals surface area contributed by atoms with Gasteiger partial charge in [0, 0.05) is 17.0 Å². The average Bonchev–Trinajstić information content (AvgIpc) is 2.49. The molecule has 1 heterocycles. The van der Waals surface area contributed by atoms with Crippen LogP contribution < -0.4 is 4.74 Å². The summed E-state index contributed by atoms with van der Waals surface area (Å²) in [4.78, 5) is 11.7. The van der Waals surface area contributed by atoms with E-state index in [0.717, 1.165) is 18.4 Å². The Balaban J connectivity index is 2.04. The molecule has 1 unspecified atom stereocenters. The van der Waals surface area contributed by atoms with Gasteiger partial charge in [-0.1, -0.05) is 30.3 Å². The molecule has 0 amide bonds. The molecule has 108 valence electrons. The van der Waals surface area contributed by atoms with Gasteiger partial charge in [0.05, 0.1) is 0 Å². The first-order chi connectivity index (χ1) is 10.2. The highest BCUT2D eigenvalue weighted by molar-refractivity contribution is 6.17. The van der Waals surface area contributed by atoms with Crippen LogP contribution in [0.3, 0.4) is 0 Å². The number of carbonyl (C=O) groups is 1. The van der Waals surface area contributed by atoms with E-state index in [1.54, 1.807) is 12.1 Å². The van der Waals surface area contributed by atoms with Crippen molar-refractivity contribution in [2.75, 3.05) is 5.88 Å². The molecule has 0 radical (unpaired) electrons. The second-order valence-corrected chi connectivity index (χ2v) is 5.45. The molecular weight excluding hydrogens is 288 g/mol. The zero-order valence-electron chi connectivity index (χ0n) is 11.4. The highest BCUT2D eigenvalue weighted by Gasteiger charge is 2.32. The Bertz CT molecular complexity index is 681. The van der Waals surface area contributed by atoms with Gasteiger partial charge in [0.1, 0.15) is 17.4 Å². The minimum atomic E-state index is -0.861. The lowest BCUT2D eigenvalue weighted by Gasteiger charge is -2.26. The lowest BCUT2D eigenvalue weighted by molar-refractivity contribution is -0.137. The standard InChI is InChI=1S/C17H15ClO3/c18-9-3-4-11-7-8-13-15(10-11)21-14-6-2-1-5-12(14)16(13)17(19)20/h1-2,5-8,10,16H,3-4,9H2,(H,19,20). The summed E-state index contributed by atoms with van der Waals surface area (Å²) >= 11 is 5.72. The SMILES string of the molecule is O=C(O)C1c2ccccc2Oc2cc(CCCCl)ccc21. The van der Waals surface area contributed by atoms with Gasteiger partial charge in [0.2, 0.25) is 0 Å². The number of aryl methyl sites for hydroxylation is 1. The Morgan fingerprint density at radius 1 is 1.14 bits per heavy atom. The summed E-state index contributed by atoms with van der Waals surface area (Å²) < 4.78 is 5.88. The normalized spacial score (nSPS) is 15.8. The lowest BCUT2D eigenvalue weighted by atomic mass is 9.87. The van der Waals surface area contributed by atoms with E-state index in [9.17, 15) is 9.90 Å². The Hall–Kier alpha value is -2.00. The maximum absolute atomic E-state index is 11.7. The highest BCUT2D eigenvalue weighted by Crippen LogP contribution is 2.44. The van der Waals surface area contributed by atoms with Crippen molar-refractivity contribution in [1.29, 1.82) is 0 Å². The van der Waals surface area contributed by atoms with E-state index in [1.165, 1.54) is 0 Å². The van der Waals surface area contributed by atoms with E-state index in [-0.39, 0.29) is 0 Å². The van der Waals surface area contributed by atoms with Crippen LogP contribution in [0.4, 0.5) is 0 Å². The van der Waals surface area contributed by atoms with E-state index in [1.807, 2.05) is 30.3 Å². The van der Waals surface area contributed by atoms with Crippen molar-refractivity contribution in [2.45, 2.75) is 18.8 Å². The van der Waals surface area contributed by atoms with E-state index >= 15 is 0 Å². The molecule has 1 N–H and O–H groups in total. The predicted molar refractivity (Wildman–Crippen MR) is 81.5 cm³/mol. The van der Waals surface area contributed by atoms with Crippen LogP contribution in [0.15, 0.2) is 42.5 Å². The highest BCUT2D eigenvalue weighted by atomic mass is 35.5. The fraction of sp³-hybridized carbons (Fsp3) is 0.235. The van der Waals surface area contributed by atoms with Crippen LogP contribution in [-0.2, 0) is 11.2 Å². The van der Waals surface area contributed by atoms with Crippen LogP contribution in [-0.4, -0.2) is 17.0 Å². The van der Waals surface area contributed by atoms with Gasteiger partial charge in [0.15, 0.2) is 0 Å². The molecule has 1 aliphatic heterocycles. The number of carboxylic acids is 1. The minimum Gasteiger partial charge on any atom is -0.481 e. The Morgan fingerprint density at radius 2 is 1.90 bits per heavy atom. The van der Waals surface area contributed by atoms with Crippen LogP contribution in [0, 0.1) is 0 Å². The first-order valence-electron chi connectivity index (χ1n) is 6.89. The zero-order chi connectivity index (χ0) is 14.8. The van der Waals surface area contributed by atoms with Crippen molar-refractivity contribution in [3.8, 4) is 11.5 Å². The largest absolute Gasteiger partial charge is 0.481 e. The third kappa shape index (κ3) is 2.61. The number of fused-ring (bicyclic) bond motifs is 2. The number of benzene rings is 2. The lowest BCUT2D eigenvalue weighted by Crippen LogP contribution is -2.18. The summed E-state index contributed by atoms with van der Waals surface area (Å²) in [5, 5.41) is 9.57. The number of carboxylic acid groups (broad SMARTS) is 1. The summed E-state index contributed by atoms with van der Waals surface area (Å²) in [5.41, 5.74) is 2.51. The van der Waals surface area contributed by atoms with Gasteiger partial charge in [-0.15, -0.1) is 11.6 Å². The van der Waals surface area contributed by atoms with Crippen LogP contribution >= 0.6 is 11.6 Å². The molecule has 1 atom stereocenters. The fourth-order valence-electron chi connectivity index (χ4n) is 2.70. The second-order valence-electron chi connectivity index (χ2n) is 5.08. The number of alkyl halides is 1. The zero-order valence-corrected chi connectivity index (χ0v) is 12.1. The minimum absolute atomic E-state index is 0.610. The first-order valence-corrected chi connectivity index (χ1v) is 7.42. The number of para-hydroxylation sites is 1. The second kappa shape index (κ2) is 5.78. The summed E-state index contributed by atoms with van der Waals surface area (Å²) in [7, 11) is 0. The average molecular weight is 303 g/mol. The van der Waals surface area contributed by atoms with Crippen molar-refractivity contribution < 1.29 is 14.6 Å². The molecule has 0 aliphatic carbocycles. The van der Waals surface area contributed by atoms with E-state index in [4.69, 9.17) is 16.3 Å². The third-order valence-corrected chi connectivity index (χ3v) is 3.95. The van der Waals surface area contributed by atoms with Crippen molar-refractivity contribution >= 4 is 17.6 Å². The molecule has 2 aromatic carbocycles. The molecule has 0 bridgehead atoms. The number of rotatable bonds is 4.